The van der Waals surface area contributed by atoms with Crippen molar-refractivity contribution in [3.05, 3.63) is 54.1 Å². The summed E-state index contributed by atoms with van der Waals surface area (Å²) in [6, 6.07) is 8.97. The molecule has 128 valence electrons. The molecule has 1 aromatic heterocycles. The van der Waals surface area contributed by atoms with Gasteiger partial charge in [0.05, 0.1) is 7.11 Å². The lowest BCUT2D eigenvalue weighted by atomic mass is 10.0. The average Bonchev–Trinajstić information content (AvgIpc) is 2.92. The molecular weight excluding hydrogens is 300 g/mol. The van der Waals surface area contributed by atoms with E-state index in [1.165, 1.54) is 30.4 Å². The standard InChI is InChI=1S/C19H26N4O/c1-24-19-6-4-16(5-7-19)13-23(14-17-11-21-15-22-12-17)18-3-2-9-20-10-8-18/h4-7,11-12,15,18,20H,2-3,8-10,13-14H2,1H3. The summed E-state index contributed by atoms with van der Waals surface area (Å²) in [4.78, 5) is 10.9. The summed E-state index contributed by atoms with van der Waals surface area (Å²) in [7, 11) is 1.70. The third-order valence-electron chi connectivity index (χ3n) is 4.61. The number of nitrogens with one attached hydrogen (secondary N) is 1. The first kappa shape index (κ1) is 16.9. The van der Waals surface area contributed by atoms with Crippen molar-refractivity contribution in [1.29, 1.82) is 0 Å². The Hall–Kier alpha value is -1.98. The van der Waals surface area contributed by atoms with Gasteiger partial charge in [0.25, 0.3) is 0 Å². The molecule has 24 heavy (non-hydrogen) atoms. The third kappa shape index (κ3) is 4.76. The van der Waals surface area contributed by atoms with Crippen molar-refractivity contribution in [2.75, 3.05) is 20.2 Å². The maximum Gasteiger partial charge on any atom is 0.118 e. The normalized spacial score (nSPS) is 18.3. The molecule has 5 nitrogen and oxygen atoms in total. The van der Waals surface area contributed by atoms with Crippen molar-refractivity contribution in [2.24, 2.45) is 0 Å². The predicted molar refractivity (Wildman–Crippen MR) is 94.8 cm³/mol. The minimum atomic E-state index is 0.585. The van der Waals surface area contributed by atoms with E-state index in [4.69, 9.17) is 4.74 Å². The lowest BCUT2D eigenvalue weighted by Gasteiger charge is -2.31. The van der Waals surface area contributed by atoms with Gasteiger partial charge >= 0.3 is 0 Å². The molecule has 1 N–H and O–H groups in total. The molecule has 1 aliphatic rings. The van der Waals surface area contributed by atoms with Gasteiger partial charge in [-0.25, -0.2) is 9.97 Å². The van der Waals surface area contributed by atoms with E-state index in [1.807, 2.05) is 24.5 Å². The van der Waals surface area contributed by atoms with Crippen LogP contribution in [0.5, 0.6) is 5.75 Å². The quantitative estimate of drug-likeness (QED) is 0.884. The Kier molecular flexibility index (Phi) is 6.15. The van der Waals surface area contributed by atoms with E-state index in [0.29, 0.717) is 6.04 Å². The van der Waals surface area contributed by atoms with Gasteiger partial charge in [0.15, 0.2) is 0 Å². The number of benzene rings is 1. The number of rotatable bonds is 6. The summed E-state index contributed by atoms with van der Waals surface area (Å²) in [6.45, 7) is 4.04. The topological polar surface area (TPSA) is 50.3 Å². The van der Waals surface area contributed by atoms with Crippen LogP contribution in [0.1, 0.15) is 30.4 Å². The molecule has 5 heteroatoms. The highest BCUT2D eigenvalue weighted by molar-refractivity contribution is 5.27. The molecule has 0 radical (unpaired) electrons. The Bertz CT molecular complexity index is 595. The van der Waals surface area contributed by atoms with Crippen LogP contribution in [0.15, 0.2) is 43.0 Å². The Balaban J connectivity index is 1.74. The first-order chi connectivity index (χ1) is 11.8. The van der Waals surface area contributed by atoms with Gasteiger partial charge in [0.2, 0.25) is 0 Å². The fourth-order valence-corrected chi connectivity index (χ4v) is 3.29. The fourth-order valence-electron chi connectivity index (χ4n) is 3.29. The molecule has 1 aromatic carbocycles. The summed E-state index contributed by atoms with van der Waals surface area (Å²) in [5.74, 6) is 0.903. The van der Waals surface area contributed by atoms with Crippen LogP contribution in [0.2, 0.25) is 0 Å². The van der Waals surface area contributed by atoms with Crippen molar-refractivity contribution in [3.63, 3.8) is 0 Å². The summed E-state index contributed by atoms with van der Waals surface area (Å²) in [6.07, 6.45) is 9.08. The zero-order valence-corrected chi connectivity index (χ0v) is 14.3. The predicted octanol–water partition coefficient (Wildman–Crippen LogP) is 2.63. The molecule has 1 atom stereocenters. The highest BCUT2D eigenvalue weighted by Gasteiger charge is 2.20. The molecule has 0 spiro atoms. The average molecular weight is 326 g/mol. The Labute approximate surface area is 144 Å². The van der Waals surface area contributed by atoms with Crippen LogP contribution in [-0.4, -0.2) is 41.1 Å². The number of methoxy groups -OCH3 is 1. The van der Waals surface area contributed by atoms with E-state index < -0.39 is 0 Å². The van der Waals surface area contributed by atoms with Gasteiger partial charge < -0.3 is 10.1 Å². The summed E-state index contributed by atoms with van der Waals surface area (Å²) in [5.41, 5.74) is 2.48. The number of hydrogen-bond donors (Lipinski definition) is 1. The second-order valence-corrected chi connectivity index (χ2v) is 6.33. The highest BCUT2D eigenvalue weighted by Crippen LogP contribution is 2.20. The van der Waals surface area contributed by atoms with Gasteiger partial charge in [-0.05, 0) is 50.0 Å². The van der Waals surface area contributed by atoms with Gasteiger partial charge in [-0.15, -0.1) is 0 Å². The Morgan fingerprint density at radius 3 is 2.54 bits per heavy atom. The van der Waals surface area contributed by atoms with Gasteiger partial charge in [0.1, 0.15) is 12.1 Å². The van der Waals surface area contributed by atoms with Crippen molar-refractivity contribution in [3.8, 4) is 5.75 Å². The molecule has 3 rings (SSSR count). The van der Waals surface area contributed by atoms with Gasteiger partial charge in [-0.1, -0.05) is 12.1 Å². The van der Waals surface area contributed by atoms with Crippen LogP contribution in [0.4, 0.5) is 0 Å². The van der Waals surface area contributed by atoms with Crippen LogP contribution in [0.3, 0.4) is 0 Å². The summed E-state index contributed by atoms with van der Waals surface area (Å²) in [5, 5.41) is 3.51. The number of nitrogens with zero attached hydrogens (tertiary/aromatic N) is 3. The second-order valence-electron chi connectivity index (χ2n) is 6.33. The van der Waals surface area contributed by atoms with E-state index in [0.717, 1.165) is 31.9 Å². The van der Waals surface area contributed by atoms with Crippen LogP contribution in [-0.2, 0) is 13.1 Å². The zero-order valence-electron chi connectivity index (χ0n) is 14.3. The van der Waals surface area contributed by atoms with E-state index in [-0.39, 0.29) is 0 Å². The van der Waals surface area contributed by atoms with Crippen LogP contribution in [0, 0.1) is 0 Å². The van der Waals surface area contributed by atoms with E-state index in [9.17, 15) is 0 Å². The van der Waals surface area contributed by atoms with Crippen LogP contribution in [0.25, 0.3) is 0 Å². The van der Waals surface area contributed by atoms with Crippen molar-refractivity contribution < 1.29 is 4.74 Å². The van der Waals surface area contributed by atoms with Crippen molar-refractivity contribution >= 4 is 0 Å². The molecular formula is C19H26N4O. The Morgan fingerprint density at radius 2 is 1.79 bits per heavy atom. The summed E-state index contributed by atoms with van der Waals surface area (Å²) >= 11 is 0. The minimum absolute atomic E-state index is 0.585. The maximum atomic E-state index is 5.26. The number of ether oxygens (including phenoxy) is 1. The van der Waals surface area contributed by atoms with Crippen molar-refractivity contribution in [1.82, 2.24) is 20.2 Å². The molecule has 1 unspecified atom stereocenters. The van der Waals surface area contributed by atoms with Gasteiger partial charge in [-0.3, -0.25) is 4.90 Å². The zero-order chi connectivity index (χ0) is 16.6. The molecule has 1 aliphatic heterocycles. The molecule has 0 amide bonds. The molecule has 0 saturated carbocycles. The van der Waals surface area contributed by atoms with E-state index in [1.54, 1.807) is 13.4 Å². The second kappa shape index (κ2) is 8.76. The first-order valence-electron chi connectivity index (χ1n) is 8.67. The maximum absolute atomic E-state index is 5.26. The van der Waals surface area contributed by atoms with Crippen molar-refractivity contribution in [2.45, 2.75) is 38.4 Å². The highest BCUT2D eigenvalue weighted by atomic mass is 16.5. The third-order valence-corrected chi connectivity index (χ3v) is 4.61. The fraction of sp³-hybridized carbons (Fsp3) is 0.474. The number of aromatic nitrogens is 2. The SMILES string of the molecule is COc1ccc(CN(Cc2cncnc2)C2CCCNCC2)cc1. The van der Waals surface area contributed by atoms with Crippen LogP contribution < -0.4 is 10.1 Å². The number of hydrogen-bond acceptors (Lipinski definition) is 5. The molecule has 2 aromatic rings. The largest absolute Gasteiger partial charge is 0.497 e. The lowest BCUT2D eigenvalue weighted by molar-refractivity contribution is 0.164. The monoisotopic (exact) mass is 326 g/mol. The molecule has 2 heterocycles. The molecule has 1 saturated heterocycles. The lowest BCUT2D eigenvalue weighted by Crippen LogP contribution is -2.35. The minimum Gasteiger partial charge on any atom is -0.497 e. The first-order valence-corrected chi connectivity index (χ1v) is 8.67. The van der Waals surface area contributed by atoms with E-state index >= 15 is 0 Å². The molecule has 1 fully saturated rings. The van der Waals surface area contributed by atoms with Gasteiger partial charge in [0, 0.05) is 37.1 Å². The molecule has 0 aliphatic carbocycles. The van der Waals surface area contributed by atoms with Crippen LogP contribution >= 0.6 is 0 Å². The summed E-state index contributed by atoms with van der Waals surface area (Å²) < 4.78 is 5.26. The molecule has 0 bridgehead atoms. The Morgan fingerprint density at radius 1 is 1.04 bits per heavy atom. The smallest absolute Gasteiger partial charge is 0.118 e. The van der Waals surface area contributed by atoms with E-state index in [2.05, 4.69) is 32.3 Å². The van der Waals surface area contributed by atoms with Gasteiger partial charge in [-0.2, -0.15) is 0 Å².